The first-order valence-electron chi connectivity index (χ1n) is 5.59. The normalized spacial score (nSPS) is 10.9. The van der Waals surface area contributed by atoms with Crippen LogP contribution in [0.5, 0.6) is 0 Å². The molecular formula is C13H7FIN3O2. The average Bonchev–Trinajstić information content (AvgIpc) is 2.80. The van der Waals surface area contributed by atoms with E-state index >= 15 is 0 Å². The highest BCUT2D eigenvalue weighted by atomic mass is 127. The number of carboxylic acids is 1. The first-order valence-corrected chi connectivity index (χ1v) is 6.67. The zero-order valence-electron chi connectivity index (χ0n) is 9.89. The Kier molecular flexibility index (Phi) is 3.13. The molecule has 0 spiro atoms. The Bertz CT molecular complexity index is 832. The van der Waals surface area contributed by atoms with Crippen LogP contribution in [0.4, 0.5) is 4.39 Å². The summed E-state index contributed by atoms with van der Waals surface area (Å²) in [6.07, 6.45) is 1.25. The van der Waals surface area contributed by atoms with Crippen LogP contribution in [-0.4, -0.2) is 26.0 Å². The van der Waals surface area contributed by atoms with Gasteiger partial charge in [-0.1, -0.05) is 0 Å². The summed E-state index contributed by atoms with van der Waals surface area (Å²) in [5, 5.41) is 8.93. The van der Waals surface area contributed by atoms with E-state index in [9.17, 15) is 9.18 Å². The Balaban J connectivity index is 2.15. The van der Waals surface area contributed by atoms with Crippen LogP contribution in [0.2, 0.25) is 0 Å². The fraction of sp³-hybridized carbons (Fsp3) is 0. The molecule has 1 aromatic carbocycles. The topological polar surface area (TPSA) is 78.9 Å². The van der Waals surface area contributed by atoms with E-state index in [0.717, 1.165) is 5.56 Å². The molecule has 0 saturated carbocycles. The fourth-order valence-corrected chi connectivity index (χ4v) is 2.56. The average molecular weight is 383 g/mol. The van der Waals surface area contributed by atoms with Gasteiger partial charge in [-0.3, -0.25) is 0 Å². The molecular weight excluding hydrogens is 376 g/mol. The summed E-state index contributed by atoms with van der Waals surface area (Å²) in [6, 6.07) is 5.84. The van der Waals surface area contributed by atoms with Crippen LogP contribution < -0.4 is 0 Å². The number of halogens is 2. The number of carbonyl (C=O) groups is 1. The summed E-state index contributed by atoms with van der Waals surface area (Å²) in [5.74, 6) is -0.841. The molecule has 0 radical (unpaired) electrons. The Morgan fingerprint density at radius 3 is 2.85 bits per heavy atom. The van der Waals surface area contributed by atoms with Crippen molar-refractivity contribution in [2.45, 2.75) is 0 Å². The van der Waals surface area contributed by atoms with Crippen molar-refractivity contribution in [1.29, 1.82) is 0 Å². The van der Waals surface area contributed by atoms with Crippen molar-refractivity contribution in [2.75, 3.05) is 0 Å². The van der Waals surface area contributed by atoms with Crippen LogP contribution >= 0.6 is 22.6 Å². The van der Waals surface area contributed by atoms with Gasteiger partial charge in [-0.05, 0) is 46.9 Å². The molecule has 5 nitrogen and oxygen atoms in total. The van der Waals surface area contributed by atoms with E-state index in [0.29, 0.717) is 20.6 Å². The number of benzene rings is 1. The molecule has 20 heavy (non-hydrogen) atoms. The van der Waals surface area contributed by atoms with Crippen LogP contribution in [0.3, 0.4) is 0 Å². The number of aromatic amines is 1. The standard InChI is InChI=1S/C13H7FIN3O2/c14-7-1-2-8(9(15)4-7)11-17-10-3-6(13(19)20)5-16-12(10)18-11/h1-5H,(H,19,20)(H,16,17,18). The molecule has 3 rings (SSSR count). The minimum atomic E-state index is -1.05. The predicted octanol–water partition coefficient (Wildman–Crippen LogP) is 3.07. The van der Waals surface area contributed by atoms with E-state index in [4.69, 9.17) is 5.11 Å². The molecule has 7 heteroatoms. The minimum absolute atomic E-state index is 0.0847. The Morgan fingerprint density at radius 1 is 1.35 bits per heavy atom. The maximum Gasteiger partial charge on any atom is 0.337 e. The van der Waals surface area contributed by atoms with Crippen molar-refractivity contribution in [1.82, 2.24) is 15.0 Å². The molecule has 0 aliphatic heterocycles. The highest BCUT2D eigenvalue weighted by molar-refractivity contribution is 14.1. The number of aromatic nitrogens is 3. The number of H-pyrrole nitrogens is 1. The number of imidazole rings is 1. The van der Waals surface area contributed by atoms with Crippen LogP contribution in [0, 0.1) is 9.39 Å². The molecule has 2 aromatic heterocycles. The van der Waals surface area contributed by atoms with Gasteiger partial charge >= 0.3 is 5.97 Å². The number of aromatic carboxylic acids is 1. The number of carboxylic acid groups (broad SMARTS) is 1. The molecule has 0 fully saturated rings. The summed E-state index contributed by atoms with van der Waals surface area (Å²) in [6.45, 7) is 0. The highest BCUT2D eigenvalue weighted by Gasteiger charge is 2.12. The zero-order valence-corrected chi connectivity index (χ0v) is 12.1. The minimum Gasteiger partial charge on any atom is -0.478 e. The zero-order chi connectivity index (χ0) is 14.3. The SMILES string of the molecule is O=C(O)c1cnc2nc(-c3ccc(F)cc3I)[nH]c2c1. The molecule has 0 atom stereocenters. The third-order valence-electron chi connectivity index (χ3n) is 2.77. The quantitative estimate of drug-likeness (QED) is 0.667. The second-order valence-electron chi connectivity index (χ2n) is 4.11. The molecule has 2 N–H and O–H groups in total. The van der Waals surface area contributed by atoms with Crippen LogP contribution in [0.15, 0.2) is 30.5 Å². The summed E-state index contributed by atoms with van der Waals surface area (Å²) < 4.78 is 13.8. The number of rotatable bonds is 2. The van der Waals surface area contributed by atoms with E-state index in [1.165, 1.54) is 24.4 Å². The van der Waals surface area contributed by atoms with Gasteiger partial charge in [0.25, 0.3) is 0 Å². The number of fused-ring (bicyclic) bond motifs is 1. The Hall–Kier alpha value is -2.03. The van der Waals surface area contributed by atoms with Gasteiger partial charge in [0.05, 0.1) is 11.1 Å². The number of nitrogens with zero attached hydrogens (tertiary/aromatic N) is 2. The van der Waals surface area contributed by atoms with Crippen molar-refractivity contribution in [3.05, 3.63) is 45.4 Å². The van der Waals surface area contributed by atoms with Crippen molar-refractivity contribution < 1.29 is 14.3 Å². The molecule has 100 valence electrons. The number of nitrogens with one attached hydrogen (secondary N) is 1. The van der Waals surface area contributed by atoms with Gasteiger partial charge in [0.2, 0.25) is 0 Å². The van der Waals surface area contributed by atoms with E-state index in [1.54, 1.807) is 6.07 Å². The molecule has 2 heterocycles. The Labute approximate surface area is 126 Å². The maximum absolute atomic E-state index is 13.1. The van der Waals surface area contributed by atoms with E-state index < -0.39 is 5.97 Å². The molecule has 0 bridgehead atoms. The van der Waals surface area contributed by atoms with E-state index in [2.05, 4.69) is 15.0 Å². The first-order chi connectivity index (χ1) is 9.54. The predicted molar refractivity (Wildman–Crippen MR) is 79.0 cm³/mol. The smallest absolute Gasteiger partial charge is 0.337 e. The van der Waals surface area contributed by atoms with Crippen LogP contribution in [0.25, 0.3) is 22.6 Å². The summed E-state index contributed by atoms with van der Waals surface area (Å²) in [4.78, 5) is 22.2. The third-order valence-corrected chi connectivity index (χ3v) is 3.66. The van der Waals surface area contributed by atoms with Gasteiger partial charge in [0.15, 0.2) is 5.65 Å². The third kappa shape index (κ3) is 2.24. The maximum atomic E-state index is 13.1. The molecule has 3 aromatic rings. The molecule has 0 aliphatic carbocycles. The van der Waals surface area contributed by atoms with Crippen molar-refractivity contribution >= 4 is 39.7 Å². The van der Waals surface area contributed by atoms with Crippen molar-refractivity contribution in [3.63, 3.8) is 0 Å². The van der Waals surface area contributed by atoms with Gasteiger partial charge in [-0.15, -0.1) is 0 Å². The number of pyridine rings is 1. The lowest BCUT2D eigenvalue weighted by molar-refractivity contribution is 0.0696. The second kappa shape index (κ2) is 4.82. The first kappa shape index (κ1) is 13.0. The Morgan fingerprint density at radius 2 is 2.15 bits per heavy atom. The van der Waals surface area contributed by atoms with Gasteiger partial charge in [0, 0.05) is 15.3 Å². The highest BCUT2D eigenvalue weighted by Crippen LogP contribution is 2.25. The van der Waals surface area contributed by atoms with Gasteiger partial charge < -0.3 is 10.1 Å². The summed E-state index contributed by atoms with van der Waals surface area (Å²) in [5.41, 5.74) is 1.77. The number of hydrogen-bond donors (Lipinski definition) is 2. The van der Waals surface area contributed by atoms with E-state index in [-0.39, 0.29) is 11.4 Å². The lowest BCUT2D eigenvalue weighted by atomic mass is 10.2. The monoisotopic (exact) mass is 383 g/mol. The summed E-state index contributed by atoms with van der Waals surface area (Å²) in [7, 11) is 0. The fourth-order valence-electron chi connectivity index (χ4n) is 1.83. The van der Waals surface area contributed by atoms with Crippen molar-refractivity contribution in [2.24, 2.45) is 0 Å². The van der Waals surface area contributed by atoms with Gasteiger partial charge in [-0.2, -0.15) is 0 Å². The lowest BCUT2D eigenvalue weighted by Gasteiger charge is -2.00. The molecule has 0 aliphatic rings. The largest absolute Gasteiger partial charge is 0.478 e. The van der Waals surface area contributed by atoms with Gasteiger partial charge in [0.1, 0.15) is 11.6 Å². The van der Waals surface area contributed by atoms with E-state index in [1.807, 2.05) is 22.6 Å². The lowest BCUT2D eigenvalue weighted by Crippen LogP contribution is -1.96. The van der Waals surface area contributed by atoms with Gasteiger partial charge in [-0.25, -0.2) is 19.2 Å². The molecule has 0 unspecified atom stereocenters. The molecule has 0 amide bonds. The number of hydrogen-bond acceptors (Lipinski definition) is 3. The van der Waals surface area contributed by atoms with Crippen molar-refractivity contribution in [3.8, 4) is 11.4 Å². The molecule has 0 saturated heterocycles. The summed E-state index contributed by atoms with van der Waals surface area (Å²) >= 11 is 2.02. The van der Waals surface area contributed by atoms with Crippen LogP contribution in [0.1, 0.15) is 10.4 Å². The second-order valence-corrected chi connectivity index (χ2v) is 5.27. The van der Waals surface area contributed by atoms with Crippen LogP contribution in [-0.2, 0) is 0 Å².